The molecule has 2 unspecified atom stereocenters. The molecule has 0 bridgehead atoms. The summed E-state index contributed by atoms with van der Waals surface area (Å²) < 4.78 is 0.531. The number of aromatic nitrogens is 1. The van der Waals surface area contributed by atoms with Gasteiger partial charge in [0.05, 0.1) is 17.7 Å². The van der Waals surface area contributed by atoms with Crippen LogP contribution in [-0.2, 0) is 12.8 Å². The van der Waals surface area contributed by atoms with Gasteiger partial charge < -0.3 is 5.11 Å². The number of nitriles is 1. The van der Waals surface area contributed by atoms with E-state index in [0.717, 1.165) is 12.0 Å². The molecule has 0 fully saturated rings. The number of nitrogens with zero attached hydrogens (tertiary/aromatic N) is 2. The van der Waals surface area contributed by atoms with Gasteiger partial charge >= 0.3 is 0 Å². The van der Waals surface area contributed by atoms with Gasteiger partial charge in [0.2, 0.25) is 0 Å². The second-order valence-corrected chi connectivity index (χ2v) is 6.81. The van der Waals surface area contributed by atoms with E-state index in [1.165, 1.54) is 23.1 Å². The largest absolute Gasteiger partial charge is 0.384 e. The average molecular weight is 305 g/mol. The average Bonchev–Trinajstić information content (AvgIpc) is 2.92. The van der Waals surface area contributed by atoms with Gasteiger partial charge in [0.15, 0.2) is 0 Å². The Hall–Kier alpha value is -1.41. The fourth-order valence-electron chi connectivity index (χ4n) is 2.78. The Bertz CT molecular complexity index is 679. The van der Waals surface area contributed by atoms with E-state index in [1.54, 1.807) is 0 Å². The third kappa shape index (κ3) is 2.22. The summed E-state index contributed by atoms with van der Waals surface area (Å²) >= 11 is 7.11. The van der Waals surface area contributed by atoms with Gasteiger partial charge in [-0.2, -0.15) is 5.26 Å². The molecular formula is C15H13ClN2OS. The minimum atomic E-state index is -0.890. The molecular weight excluding hydrogens is 292 g/mol. The summed E-state index contributed by atoms with van der Waals surface area (Å²) in [5.41, 5.74) is 1.60. The van der Waals surface area contributed by atoms with Crippen LogP contribution in [0, 0.1) is 16.7 Å². The van der Waals surface area contributed by atoms with Crippen molar-refractivity contribution in [3.05, 3.63) is 50.9 Å². The molecule has 0 radical (unpaired) electrons. The van der Waals surface area contributed by atoms with Crippen molar-refractivity contribution in [3.8, 4) is 6.07 Å². The van der Waals surface area contributed by atoms with E-state index >= 15 is 0 Å². The lowest BCUT2D eigenvalue weighted by Gasteiger charge is -2.35. The molecule has 2 aromatic rings. The molecule has 0 saturated carbocycles. The molecule has 1 N–H and O–H groups in total. The Morgan fingerprint density at radius 3 is 2.80 bits per heavy atom. The first-order chi connectivity index (χ1) is 9.64. The highest BCUT2D eigenvalue weighted by Crippen LogP contribution is 2.45. The summed E-state index contributed by atoms with van der Waals surface area (Å²) in [6, 6.07) is 10.4. The van der Waals surface area contributed by atoms with Gasteiger partial charge in [-0.25, -0.2) is 4.98 Å². The van der Waals surface area contributed by atoms with Gasteiger partial charge in [0.25, 0.3) is 0 Å². The summed E-state index contributed by atoms with van der Waals surface area (Å²) in [6.07, 6.45) is 2.63. The topological polar surface area (TPSA) is 56.9 Å². The van der Waals surface area contributed by atoms with Crippen LogP contribution >= 0.6 is 22.9 Å². The van der Waals surface area contributed by atoms with Crippen molar-refractivity contribution in [2.45, 2.75) is 25.4 Å². The fourth-order valence-corrected chi connectivity index (χ4v) is 3.81. The van der Waals surface area contributed by atoms with Crippen molar-refractivity contribution >= 4 is 22.9 Å². The smallest absolute Gasteiger partial charge is 0.124 e. The van der Waals surface area contributed by atoms with Gasteiger partial charge in [0, 0.05) is 0 Å². The van der Waals surface area contributed by atoms with Crippen molar-refractivity contribution < 1.29 is 5.11 Å². The first-order valence-corrected chi connectivity index (χ1v) is 7.61. The van der Waals surface area contributed by atoms with Crippen LogP contribution in [0.5, 0.6) is 0 Å². The lowest BCUT2D eigenvalue weighted by molar-refractivity contribution is 0.0524. The molecule has 1 aromatic carbocycles. The van der Waals surface area contributed by atoms with Crippen LogP contribution in [0.2, 0.25) is 4.34 Å². The maximum absolute atomic E-state index is 10.6. The van der Waals surface area contributed by atoms with Crippen LogP contribution in [0.25, 0.3) is 0 Å². The predicted molar refractivity (Wildman–Crippen MR) is 78.6 cm³/mol. The molecule has 1 heterocycles. The zero-order valence-corrected chi connectivity index (χ0v) is 12.3. The van der Waals surface area contributed by atoms with Crippen molar-refractivity contribution in [2.24, 2.45) is 5.41 Å². The third-order valence-electron chi connectivity index (χ3n) is 3.94. The Morgan fingerprint density at radius 2 is 2.15 bits per heavy atom. The summed E-state index contributed by atoms with van der Waals surface area (Å²) in [4.78, 5) is 4.13. The Labute approximate surface area is 126 Å². The quantitative estimate of drug-likeness (QED) is 0.923. The second-order valence-electron chi connectivity index (χ2n) is 5.12. The van der Waals surface area contributed by atoms with Gasteiger partial charge in [-0.05, 0) is 30.4 Å². The van der Waals surface area contributed by atoms with Crippen molar-refractivity contribution in [2.75, 3.05) is 0 Å². The maximum atomic E-state index is 10.6. The zero-order valence-electron chi connectivity index (χ0n) is 10.7. The fraction of sp³-hybridized carbons (Fsp3) is 0.333. The number of benzene rings is 1. The van der Waals surface area contributed by atoms with Crippen LogP contribution in [0.15, 0.2) is 30.5 Å². The molecule has 3 rings (SSSR count). The van der Waals surface area contributed by atoms with E-state index in [9.17, 15) is 10.4 Å². The summed E-state index contributed by atoms with van der Waals surface area (Å²) in [5.74, 6) is 0. The molecule has 3 nitrogen and oxygen atoms in total. The van der Waals surface area contributed by atoms with Crippen LogP contribution in [-0.4, -0.2) is 10.1 Å². The first-order valence-electron chi connectivity index (χ1n) is 6.42. The maximum Gasteiger partial charge on any atom is 0.124 e. The van der Waals surface area contributed by atoms with Crippen LogP contribution in [0.4, 0.5) is 0 Å². The van der Waals surface area contributed by atoms with Crippen molar-refractivity contribution in [3.63, 3.8) is 0 Å². The van der Waals surface area contributed by atoms with Gasteiger partial charge in [-0.15, -0.1) is 11.3 Å². The molecule has 0 spiro atoms. The Balaban J connectivity index is 1.96. The number of rotatable bonds is 2. The molecule has 0 amide bonds. The number of aliphatic hydroxyl groups is 1. The third-order valence-corrected chi connectivity index (χ3v) is 5.11. The molecule has 0 aliphatic heterocycles. The van der Waals surface area contributed by atoms with E-state index in [1.807, 2.05) is 18.2 Å². The van der Waals surface area contributed by atoms with Gasteiger partial charge in [-0.3, -0.25) is 0 Å². The van der Waals surface area contributed by atoms with Crippen LogP contribution in [0.3, 0.4) is 0 Å². The standard InChI is InChI=1S/C15H13ClN2OS/c16-12-8-18-14(20-12)13(19)15(9-17)6-5-10-3-1-2-4-11(10)7-15/h1-4,8,13,19H,5-7H2. The number of halogens is 1. The number of aryl methyl sites for hydroxylation is 1. The molecule has 1 aliphatic rings. The highest BCUT2D eigenvalue weighted by Gasteiger charge is 2.43. The normalized spacial score (nSPS) is 22.9. The van der Waals surface area contributed by atoms with Crippen LogP contribution in [0.1, 0.15) is 28.7 Å². The molecule has 1 aliphatic carbocycles. The number of hydrogen-bond acceptors (Lipinski definition) is 4. The molecule has 0 saturated heterocycles. The van der Waals surface area contributed by atoms with E-state index < -0.39 is 11.5 Å². The Morgan fingerprint density at radius 1 is 1.40 bits per heavy atom. The van der Waals surface area contributed by atoms with Gasteiger partial charge in [-0.1, -0.05) is 35.9 Å². The monoisotopic (exact) mass is 304 g/mol. The number of fused-ring (bicyclic) bond motifs is 1. The summed E-state index contributed by atoms with van der Waals surface area (Å²) in [6.45, 7) is 0. The lowest BCUT2D eigenvalue weighted by Crippen LogP contribution is -2.34. The van der Waals surface area contributed by atoms with E-state index in [4.69, 9.17) is 11.6 Å². The Kier molecular flexibility index (Phi) is 3.51. The first kappa shape index (κ1) is 13.6. The van der Waals surface area contributed by atoms with Crippen molar-refractivity contribution in [1.82, 2.24) is 4.98 Å². The highest BCUT2D eigenvalue weighted by atomic mass is 35.5. The molecule has 5 heteroatoms. The van der Waals surface area contributed by atoms with Crippen molar-refractivity contribution in [1.29, 1.82) is 5.26 Å². The minimum Gasteiger partial charge on any atom is -0.384 e. The zero-order chi connectivity index (χ0) is 14.2. The number of hydrogen-bond donors (Lipinski definition) is 1. The number of thiazole rings is 1. The minimum absolute atomic E-state index is 0.524. The van der Waals surface area contributed by atoms with Gasteiger partial charge in [0.1, 0.15) is 15.4 Å². The highest BCUT2D eigenvalue weighted by molar-refractivity contribution is 7.15. The molecule has 1 aromatic heterocycles. The summed E-state index contributed by atoms with van der Waals surface area (Å²) in [5, 5.41) is 20.8. The number of aliphatic hydroxyl groups excluding tert-OH is 1. The molecule has 2 atom stereocenters. The second kappa shape index (κ2) is 5.17. The van der Waals surface area contributed by atoms with E-state index in [-0.39, 0.29) is 0 Å². The van der Waals surface area contributed by atoms with E-state index in [0.29, 0.717) is 22.2 Å². The lowest BCUT2D eigenvalue weighted by atomic mass is 9.69. The van der Waals surface area contributed by atoms with Crippen LogP contribution < -0.4 is 0 Å². The molecule has 102 valence electrons. The van der Waals surface area contributed by atoms with E-state index in [2.05, 4.69) is 17.1 Å². The predicted octanol–water partition coefficient (Wildman–Crippen LogP) is 3.53. The summed E-state index contributed by atoms with van der Waals surface area (Å²) in [7, 11) is 0. The SMILES string of the molecule is N#CC1(C(O)c2ncc(Cl)s2)CCc2ccccc2C1. The molecule has 20 heavy (non-hydrogen) atoms.